The number of hydrogen-bond donors (Lipinski definition) is 0. The summed E-state index contributed by atoms with van der Waals surface area (Å²) in [5, 5.41) is 2.11. The molecule has 2 heterocycles. The standard InChI is InChI=1S/C11H10FN2S/c1-7-6-15-11-13(2)10-5-8(12)3-4-9(10)14(7)11/h3-6H,1-2H3/q+1. The van der Waals surface area contributed by atoms with Crippen molar-refractivity contribution in [3.8, 4) is 0 Å². The van der Waals surface area contributed by atoms with E-state index in [1.165, 1.54) is 11.8 Å². The second-order valence-corrected chi connectivity index (χ2v) is 4.52. The monoisotopic (exact) mass is 221 g/mol. The van der Waals surface area contributed by atoms with Gasteiger partial charge in [0, 0.05) is 11.4 Å². The summed E-state index contributed by atoms with van der Waals surface area (Å²) < 4.78 is 17.3. The van der Waals surface area contributed by atoms with E-state index < -0.39 is 0 Å². The summed E-state index contributed by atoms with van der Waals surface area (Å²) in [6, 6.07) is 4.91. The molecule has 0 aliphatic carbocycles. The number of hydrogen-bond acceptors (Lipinski definition) is 1. The molecule has 0 saturated carbocycles. The Hall–Kier alpha value is -1.42. The number of fused-ring (bicyclic) bond motifs is 3. The van der Waals surface area contributed by atoms with E-state index in [1.807, 2.05) is 17.7 Å². The summed E-state index contributed by atoms with van der Waals surface area (Å²) >= 11 is 1.68. The van der Waals surface area contributed by atoms with Gasteiger partial charge in [-0.05, 0) is 19.1 Å². The van der Waals surface area contributed by atoms with E-state index >= 15 is 0 Å². The van der Waals surface area contributed by atoms with Gasteiger partial charge in [-0.15, -0.1) is 0 Å². The molecule has 15 heavy (non-hydrogen) atoms. The van der Waals surface area contributed by atoms with Crippen LogP contribution in [-0.2, 0) is 7.05 Å². The number of rotatable bonds is 0. The molecule has 0 fully saturated rings. The van der Waals surface area contributed by atoms with Crippen molar-refractivity contribution < 1.29 is 8.96 Å². The zero-order valence-corrected chi connectivity index (χ0v) is 9.31. The summed E-state index contributed by atoms with van der Waals surface area (Å²) in [4.78, 5) is 1.13. The number of benzene rings is 1. The topological polar surface area (TPSA) is 8.29 Å². The number of aromatic nitrogens is 2. The molecule has 0 radical (unpaired) electrons. The van der Waals surface area contributed by atoms with Gasteiger partial charge in [0.1, 0.15) is 11.5 Å². The van der Waals surface area contributed by atoms with E-state index in [0.29, 0.717) is 0 Å². The predicted octanol–water partition coefficient (Wildman–Crippen LogP) is 2.43. The molecular formula is C11H10FN2S+. The lowest BCUT2D eigenvalue weighted by Crippen LogP contribution is -2.26. The summed E-state index contributed by atoms with van der Waals surface area (Å²) in [7, 11) is 1.97. The SMILES string of the molecule is Cc1csc2n1c1ccc(F)cc1[n+]2C. The third-order valence-electron chi connectivity index (χ3n) is 2.71. The molecule has 0 saturated heterocycles. The highest BCUT2D eigenvalue weighted by Gasteiger charge is 2.19. The summed E-state index contributed by atoms with van der Waals surface area (Å²) in [5.41, 5.74) is 3.19. The first-order chi connectivity index (χ1) is 7.18. The molecule has 0 aliphatic rings. The molecule has 3 rings (SSSR count). The van der Waals surface area contributed by atoms with E-state index in [2.05, 4.69) is 16.7 Å². The first-order valence-electron chi connectivity index (χ1n) is 4.72. The normalized spacial score (nSPS) is 11.7. The Bertz CT molecular complexity index is 666. The Labute approximate surface area is 90.2 Å². The quantitative estimate of drug-likeness (QED) is 0.515. The van der Waals surface area contributed by atoms with Crippen molar-refractivity contribution in [2.24, 2.45) is 7.05 Å². The number of imidazole rings is 1. The highest BCUT2D eigenvalue weighted by molar-refractivity contribution is 7.14. The lowest BCUT2D eigenvalue weighted by Gasteiger charge is -1.88. The molecule has 1 aromatic carbocycles. The number of aryl methyl sites for hydroxylation is 2. The molecule has 2 aromatic heterocycles. The summed E-state index contributed by atoms with van der Waals surface area (Å²) in [6.45, 7) is 2.06. The van der Waals surface area contributed by atoms with Gasteiger partial charge in [0.25, 0.3) is 0 Å². The van der Waals surface area contributed by atoms with Crippen molar-refractivity contribution in [3.05, 3.63) is 35.1 Å². The lowest BCUT2D eigenvalue weighted by molar-refractivity contribution is -0.616. The van der Waals surface area contributed by atoms with Crippen molar-refractivity contribution >= 4 is 27.3 Å². The molecule has 3 aromatic rings. The van der Waals surface area contributed by atoms with Gasteiger partial charge in [-0.3, -0.25) is 0 Å². The lowest BCUT2D eigenvalue weighted by atomic mass is 10.3. The van der Waals surface area contributed by atoms with Gasteiger partial charge in [0.05, 0.1) is 7.05 Å². The van der Waals surface area contributed by atoms with E-state index in [4.69, 9.17) is 0 Å². The first-order valence-corrected chi connectivity index (χ1v) is 5.60. The van der Waals surface area contributed by atoms with Crippen LogP contribution in [0.15, 0.2) is 23.6 Å². The third kappa shape index (κ3) is 1.05. The molecule has 4 heteroatoms. The molecule has 2 nitrogen and oxygen atoms in total. The molecule has 0 N–H and O–H groups in total. The van der Waals surface area contributed by atoms with Crippen LogP contribution in [0.2, 0.25) is 0 Å². The largest absolute Gasteiger partial charge is 0.346 e. The molecule has 0 aliphatic heterocycles. The molecule has 0 bridgehead atoms. The van der Waals surface area contributed by atoms with Gasteiger partial charge >= 0.3 is 4.96 Å². The minimum Gasteiger partial charge on any atom is -0.216 e. The van der Waals surface area contributed by atoms with Crippen LogP contribution in [0.5, 0.6) is 0 Å². The maximum absolute atomic E-state index is 13.1. The fourth-order valence-electron chi connectivity index (χ4n) is 1.97. The number of halogens is 1. The van der Waals surface area contributed by atoms with E-state index in [-0.39, 0.29) is 5.82 Å². The fraction of sp³-hybridized carbons (Fsp3) is 0.182. The minimum absolute atomic E-state index is 0.186. The maximum Gasteiger partial charge on any atom is 0.346 e. The van der Waals surface area contributed by atoms with Gasteiger partial charge in [-0.2, -0.15) is 4.40 Å². The van der Waals surface area contributed by atoms with Crippen LogP contribution < -0.4 is 4.57 Å². The van der Waals surface area contributed by atoms with Crippen molar-refractivity contribution in [3.63, 3.8) is 0 Å². The molecule has 0 atom stereocenters. The molecule has 0 unspecified atom stereocenters. The van der Waals surface area contributed by atoms with Crippen LogP contribution in [0.1, 0.15) is 5.69 Å². The van der Waals surface area contributed by atoms with Gasteiger partial charge in [0.15, 0.2) is 11.0 Å². The van der Waals surface area contributed by atoms with Crippen molar-refractivity contribution in [1.29, 1.82) is 0 Å². The zero-order chi connectivity index (χ0) is 10.6. The summed E-state index contributed by atoms with van der Waals surface area (Å²) in [5.74, 6) is -0.186. The highest BCUT2D eigenvalue weighted by atomic mass is 32.1. The van der Waals surface area contributed by atoms with Crippen LogP contribution in [0.3, 0.4) is 0 Å². The Morgan fingerprint density at radius 3 is 3.00 bits per heavy atom. The minimum atomic E-state index is -0.186. The fourth-order valence-corrected chi connectivity index (χ4v) is 2.96. The van der Waals surface area contributed by atoms with Gasteiger partial charge in [0.2, 0.25) is 0 Å². The van der Waals surface area contributed by atoms with Crippen LogP contribution >= 0.6 is 11.3 Å². The van der Waals surface area contributed by atoms with Gasteiger partial charge in [-0.25, -0.2) is 8.96 Å². The Morgan fingerprint density at radius 2 is 2.20 bits per heavy atom. The van der Waals surface area contributed by atoms with Gasteiger partial charge in [-0.1, -0.05) is 11.3 Å². The second kappa shape index (κ2) is 2.79. The smallest absolute Gasteiger partial charge is 0.216 e. The van der Waals surface area contributed by atoms with Crippen LogP contribution in [0, 0.1) is 12.7 Å². The van der Waals surface area contributed by atoms with E-state index in [1.54, 1.807) is 17.4 Å². The van der Waals surface area contributed by atoms with Crippen LogP contribution in [-0.4, -0.2) is 4.40 Å². The second-order valence-electron chi connectivity index (χ2n) is 3.69. The highest BCUT2D eigenvalue weighted by Crippen LogP contribution is 2.21. The molecule has 0 amide bonds. The third-order valence-corrected chi connectivity index (χ3v) is 3.83. The first kappa shape index (κ1) is 8.85. The Kier molecular flexibility index (Phi) is 1.65. The summed E-state index contributed by atoms with van der Waals surface area (Å²) in [6.07, 6.45) is 0. The number of thiazole rings is 1. The Morgan fingerprint density at radius 1 is 1.40 bits per heavy atom. The number of nitrogens with zero attached hydrogens (tertiary/aromatic N) is 2. The molecular weight excluding hydrogens is 211 g/mol. The zero-order valence-electron chi connectivity index (χ0n) is 8.49. The maximum atomic E-state index is 13.1. The predicted molar refractivity (Wildman–Crippen MR) is 58.7 cm³/mol. The van der Waals surface area contributed by atoms with E-state index in [9.17, 15) is 4.39 Å². The van der Waals surface area contributed by atoms with Crippen molar-refractivity contribution in [2.45, 2.75) is 6.92 Å². The van der Waals surface area contributed by atoms with Crippen molar-refractivity contribution in [1.82, 2.24) is 4.40 Å². The Balaban J connectivity index is 2.64. The van der Waals surface area contributed by atoms with Crippen LogP contribution in [0.25, 0.3) is 16.0 Å². The van der Waals surface area contributed by atoms with Crippen LogP contribution in [0.4, 0.5) is 4.39 Å². The molecule has 0 spiro atoms. The average molecular weight is 221 g/mol. The molecule has 76 valence electrons. The van der Waals surface area contributed by atoms with Gasteiger partial charge < -0.3 is 0 Å². The van der Waals surface area contributed by atoms with E-state index in [0.717, 1.165) is 16.0 Å². The average Bonchev–Trinajstić information content (AvgIpc) is 2.70. The van der Waals surface area contributed by atoms with Crippen molar-refractivity contribution in [2.75, 3.05) is 0 Å².